The summed E-state index contributed by atoms with van der Waals surface area (Å²) in [6.07, 6.45) is 2.69. The normalized spacial score (nSPS) is 12.6. The molecule has 2 rings (SSSR count). The molecule has 90 valence electrons. The SMILES string of the molecule is Cc1cnn(C(C)Cc2ccc(Cl)cc2)c1N. The second-order valence-electron chi connectivity index (χ2n) is 4.34. The summed E-state index contributed by atoms with van der Waals surface area (Å²) in [5.74, 6) is 0.742. The molecule has 0 radical (unpaired) electrons. The molecule has 17 heavy (non-hydrogen) atoms. The lowest BCUT2D eigenvalue weighted by Crippen LogP contribution is -2.12. The number of benzene rings is 1. The van der Waals surface area contributed by atoms with Crippen LogP contribution in [0, 0.1) is 6.92 Å². The summed E-state index contributed by atoms with van der Waals surface area (Å²) in [5.41, 5.74) is 8.21. The van der Waals surface area contributed by atoms with Crippen LogP contribution >= 0.6 is 11.6 Å². The number of hydrogen-bond acceptors (Lipinski definition) is 2. The standard InChI is InChI=1S/C13H16ClN3/c1-9-8-16-17(13(9)15)10(2)7-11-3-5-12(14)6-4-11/h3-6,8,10H,7,15H2,1-2H3. The molecule has 1 aromatic heterocycles. The maximum Gasteiger partial charge on any atom is 0.124 e. The molecule has 0 aliphatic carbocycles. The van der Waals surface area contributed by atoms with Crippen molar-refractivity contribution in [3.63, 3.8) is 0 Å². The molecule has 1 atom stereocenters. The van der Waals surface area contributed by atoms with E-state index in [1.165, 1.54) is 5.56 Å². The van der Waals surface area contributed by atoms with E-state index in [-0.39, 0.29) is 6.04 Å². The van der Waals surface area contributed by atoms with Crippen molar-refractivity contribution in [2.75, 3.05) is 5.73 Å². The van der Waals surface area contributed by atoms with Gasteiger partial charge in [-0.2, -0.15) is 5.10 Å². The summed E-state index contributed by atoms with van der Waals surface area (Å²) in [6, 6.07) is 8.12. The van der Waals surface area contributed by atoms with E-state index >= 15 is 0 Å². The molecule has 0 aliphatic rings. The van der Waals surface area contributed by atoms with Gasteiger partial charge in [0.1, 0.15) is 5.82 Å². The molecule has 0 bridgehead atoms. The number of hydrogen-bond donors (Lipinski definition) is 1. The van der Waals surface area contributed by atoms with Crippen LogP contribution in [-0.2, 0) is 6.42 Å². The van der Waals surface area contributed by atoms with Gasteiger partial charge < -0.3 is 5.73 Å². The van der Waals surface area contributed by atoms with Gasteiger partial charge in [-0.3, -0.25) is 0 Å². The minimum absolute atomic E-state index is 0.241. The van der Waals surface area contributed by atoms with Crippen molar-refractivity contribution in [2.45, 2.75) is 26.3 Å². The zero-order chi connectivity index (χ0) is 12.4. The molecule has 0 fully saturated rings. The van der Waals surface area contributed by atoms with Gasteiger partial charge in [-0.15, -0.1) is 0 Å². The molecule has 0 aliphatic heterocycles. The fraction of sp³-hybridized carbons (Fsp3) is 0.308. The second kappa shape index (κ2) is 4.80. The Balaban J connectivity index is 2.14. The van der Waals surface area contributed by atoms with Crippen molar-refractivity contribution < 1.29 is 0 Å². The lowest BCUT2D eigenvalue weighted by Gasteiger charge is -2.14. The first-order valence-corrected chi connectivity index (χ1v) is 5.99. The van der Waals surface area contributed by atoms with Gasteiger partial charge in [-0.25, -0.2) is 4.68 Å². The number of nitrogens with two attached hydrogens (primary N) is 1. The molecular weight excluding hydrogens is 234 g/mol. The van der Waals surface area contributed by atoms with Crippen LogP contribution in [0.15, 0.2) is 30.5 Å². The molecule has 1 unspecified atom stereocenters. The van der Waals surface area contributed by atoms with Crippen LogP contribution < -0.4 is 5.73 Å². The summed E-state index contributed by atoms with van der Waals surface area (Å²) < 4.78 is 1.87. The number of aromatic nitrogens is 2. The molecule has 4 heteroatoms. The van der Waals surface area contributed by atoms with Crippen LogP contribution in [0.5, 0.6) is 0 Å². The Kier molecular flexibility index (Phi) is 3.38. The number of anilines is 1. The van der Waals surface area contributed by atoms with Gasteiger partial charge in [0.25, 0.3) is 0 Å². The molecule has 1 aromatic carbocycles. The van der Waals surface area contributed by atoms with Crippen molar-refractivity contribution in [3.8, 4) is 0 Å². The molecular formula is C13H16ClN3. The highest BCUT2D eigenvalue weighted by Gasteiger charge is 2.11. The Bertz CT molecular complexity index is 502. The predicted octanol–water partition coefficient (Wildman–Crippen LogP) is 3.23. The number of rotatable bonds is 3. The van der Waals surface area contributed by atoms with Crippen LogP contribution in [0.2, 0.25) is 5.02 Å². The predicted molar refractivity (Wildman–Crippen MR) is 71.2 cm³/mol. The first kappa shape index (κ1) is 12.0. The molecule has 2 aromatic rings. The van der Waals surface area contributed by atoms with Crippen molar-refractivity contribution >= 4 is 17.4 Å². The highest BCUT2D eigenvalue weighted by molar-refractivity contribution is 6.30. The van der Waals surface area contributed by atoms with E-state index in [4.69, 9.17) is 17.3 Å². The monoisotopic (exact) mass is 249 g/mol. The summed E-state index contributed by atoms with van der Waals surface area (Å²) in [5, 5.41) is 5.05. The zero-order valence-electron chi connectivity index (χ0n) is 10.0. The van der Waals surface area contributed by atoms with E-state index in [0.29, 0.717) is 0 Å². The highest BCUT2D eigenvalue weighted by Crippen LogP contribution is 2.20. The summed E-state index contributed by atoms with van der Waals surface area (Å²) >= 11 is 5.86. The first-order valence-electron chi connectivity index (χ1n) is 5.62. The van der Waals surface area contributed by atoms with Crippen LogP contribution in [0.3, 0.4) is 0 Å². The molecule has 2 N–H and O–H groups in total. The highest BCUT2D eigenvalue weighted by atomic mass is 35.5. The lowest BCUT2D eigenvalue weighted by molar-refractivity contribution is 0.496. The third kappa shape index (κ3) is 2.61. The van der Waals surface area contributed by atoms with Gasteiger partial charge in [-0.1, -0.05) is 23.7 Å². The van der Waals surface area contributed by atoms with Gasteiger partial charge in [0.05, 0.1) is 12.2 Å². The van der Waals surface area contributed by atoms with Gasteiger partial charge in [0, 0.05) is 10.6 Å². The van der Waals surface area contributed by atoms with Crippen LogP contribution in [0.4, 0.5) is 5.82 Å². The fourth-order valence-corrected chi connectivity index (χ4v) is 1.98. The van der Waals surface area contributed by atoms with Crippen LogP contribution in [-0.4, -0.2) is 9.78 Å². The molecule has 0 amide bonds. The molecule has 0 spiro atoms. The Hall–Kier alpha value is -1.48. The van der Waals surface area contributed by atoms with E-state index in [1.807, 2.05) is 35.9 Å². The largest absolute Gasteiger partial charge is 0.384 e. The van der Waals surface area contributed by atoms with Gasteiger partial charge in [0.15, 0.2) is 0 Å². The van der Waals surface area contributed by atoms with Crippen molar-refractivity contribution in [2.24, 2.45) is 0 Å². The molecule has 0 saturated heterocycles. The molecule has 3 nitrogen and oxygen atoms in total. The minimum Gasteiger partial charge on any atom is -0.384 e. The quantitative estimate of drug-likeness (QED) is 0.908. The van der Waals surface area contributed by atoms with Gasteiger partial charge >= 0.3 is 0 Å². The molecule has 0 saturated carbocycles. The van der Waals surface area contributed by atoms with Gasteiger partial charge in [-0.05, 0) is 38.0 Å². The minimum atomic E-state index is 0.241. The second-order valence-corrected chi connectivity index (χ2v) is 4.77. The number of nitrogen functional groups attached to an aromatic ring is 1. The van der Waals surface area contributed by atoms with E-state index in [2.05, 4.69) is 12.0 Å². The van der Waals surface area contributed by atoms with E-state index in [1.54, 1.807) is 6.20 Å². The average molecular weight is 250 g/mol. The Morgan fingerprint density at radius 3 is 2.53 bits per heavy atom. The zero-order valence-corrected chi connectivity index (χ0v) is 10.8. The Morgan fingerprint density at radius 1 is 1.35 bits per heavy atom. The van der Waals surface area contributed by atoms with Crippen molar-refractivity contribution in [1.82, 2.24) is 9.78 Å². The third-order valence-electron chi connectivity index (χ3n) is 2.89. The summed E-state index contributed by atoms with van der Waals surface area (Å²) in [7, 11) is 0. The first-order chi connectivity index (χ1) is 8.08. The van der Waals surface area contributed by atoms with E-state index in [0.717, 1.165) is 22.8 Å². The number of halogens is 1. The Labute approximate surface area is 106 Å². The Morgan fingerprint density at radius 2 is 2.00 bits per heavy atom. The third-order valence-corrected chi connectivity index (χ3v) is 3.14. The lowest BCUT2D eigenvalue weighted by atomic mass is 10.1. The fourth-order valence-electron chi connectivity index (χ4n) is 1.86. The van der Waals surface area contributed by atoms with Crippen LogP contribution in [0.1, 0.15) is 24.1 Å². The maximum absolute atomic E-state index is 5.96. The summed E-state index contributed by atoms with van der Waals surface area (Å²) in [6.45, 7) is 4.07. The van der Waals surface area contributed by atoms with Crippen molar-refractivity contribution in [1.29, 1.82) is 0 Å². The number of nitrogens with zero attached hydrogens (tertiary/aromatic N) is 2. The van der Waals surface area contributed by atoms with Gasteiger partial charge in [0.2, 0.25) is 0 Å². The van der Waals surface area contributed by atoms with E-state index < -0.39 is 0 Å². The molecule has 1 heterocycles. The maximum atomic E-state index is 5.96. The topological polar surface area (TPSA) is 43.8 Å². The smallest absolute Gasteiger partial charge is 0.124 e. The average Bonchev–Trinajstić information content (AvgIpc) is 2.63. The van der Waals surface area contributed by atoms with Crippen molar-refractivity contribution in [3.05, 3.63) is 46.6 Å². The summed E-state index contributed by atoms with van der Waals surface area (Å²) in [4.78, 5) is 0. The number of aryl methyl sites for hydroxylation is 1. The van der Waals surface area contributed by atoms with E-state index in [9.17, 15) is 0 Å². The van der Waals surface area contributed by atoms with Crippen LogP contribution in [0.25, 0.3) is 0 Å².